The molecule has 0 saturated heterocycles. The molecule has 0 spiro atoms. The van der Waals surface area contributed by atoms with E-state index in [0.29, 0.717) is 20.4 Å². The van der Waals surface area contributed by atoms with Gasteiger partial charge in [0, 0.05) is 23.6 Å². The predicted molar refractivity (Wildman–Crippen MR) is 103 cm³/mol. The fourth-order valence-electron chi connectivity index (χ4n) is 2.21. The molecule has 0 bridgehead atoms. The third-order valence-electron chi connectivity index (χ3n) is 3.49. The van der Waals surface area contributed by atoms with Gasteiger partial charge in [-0.15, -0.1) is 0 Å². The Morgan fingerprint density at radius 2 is 1.92 bits per heavy atom. The number of aromatic nitrogens is 2. The summed E-state index contributed by atoms with van der Waals surface area (Å²) in [6.45, 7) is 1.80. The molecular formula is C17H15N5OS2. The number of anilines is 1. The third-order valence-corrected chi connectivity index (χ3v) is 4.88. The van der Waals surface area contributed by atoms with Crippen LogP contribution in [0.3, 0.4) is 0 Å². The van der Waals surface area contributed by atoms with Crippen LogP contribution < -0.4 is 11.2 Å². The van der Waals surface area contributed by atoms with Gasteiger partial charge >= 0.3 is 0 Å². The molecule has 1 amide bonds. The van der Waals surface area contributed by atoms with Gasteiger partial charge in [0.05, 0.1) is 5.71 Å². The minimum absolute atomic E-state index is 0.301. The first-order chi connectivity index (χ1) is 12.1. The van der Waals surface area contributed by atoms with E-state index in [1.165, 1.54) is 0 Å². The first kappa shape index (κ1) is 17.0. The topological polar surface area (TPSA) is 85.3 Å². The number of benzene rings is 1. The van der Waals surface area contributed by atoms with Crippen molar-refractivity contribution in [2.75, 3.05) is 5.73 Å². The van der Waals surface area contributed by atoms with Crippen LogP contribution in [-0.2, 0) is 0 Å². The van der Waals surface area contributed by atoms with Gasteiger partial charge in [0.2, 0.25) is 0 Å². The summed E-state index contributed by atoms with van der Waals surface area (Å²) >= 11 is 6.51. The highest BCUT2D eigenvalue weighted by Crippen LogP contribution is 2.26. The van der Waals surface area contributed by atoms with Crippen LogP contribution in [0.1, 0.15) is 22.2 Å². The molecule has 2 heterocycles. The number of nitrogen functional groups attached to an aromatic ring is 1. The van der Waals surface area contributed by atoms with Crippen molar-refractivity contribution in [2.24, 2.45) is 5.10 Å². The molecule has 0 aliphatic heterocycles. The number of hydrogen-bond donors (Lipinski definition) is 2. The molecule has 0 aliphatic carbocycles. The number of nitrogens with two attached hydrogens (primary N) is 1. The van der Waals surface area contributed by atoms with E-state index in [1.807, 2.05) is 42.5 Å². The lowest BCUT2D eigenvalue weighted by Crippen LogP contribution is -2.20. The van der Waals surface area contributed by atoms with Crippen molar-refractivity contribution in [3.63, 3.8) is 0 Å². The third kappa shape index (κ3) is 3.65. The van der Waals surface area contributed by atoms with E-state index in [4.69, 9.17) is 18.0 Å². The molecule has 3 N–H and O–H groups in total. The molecule has 0 saturated carbocycles. The molecule has 3 rings (SSSR count). The predicted octanol–water partition coefficient (Wildman–Crippen LogP) is 3.40. The zero-order valence-corrected chi connectivity index (χ0v) is 15.0. The maximum absolute atomic E-state index is 12.4. The molecule has 0 aliphatic rings. The summed E-state index contributed by atoms with van der Waals surface area (Å²) in [5.41, 5.74) is 11.0. The van der Waals surface area contributed by atoms with E-state index in [-0.39, 0.29) is 0 Å². The lowest BCUT2D eigenvalue weighted by atomic mass is 10.2. The standard InChI is InChI=1S/C17H15N5OS2/c1-11(12-7-9-19-10-8-12)20-21-16(23)14-15(18)22(17(24)25-14)13-5-3-2-4-6-13/h2-10H,18H2,1H3,(H,21,23)/b20-11+. The molecular weight excluding hydrogens is 354 g/mol. The normalized spacial score (nSPS) is 11.3. The summed E-state index contributed by atoms with van der Waals surface area (Å²) in [6.07, 6.45) is 3.33. The van der Waals surface area contributed by atoms with Crippen molar-refractivity contribution < 1.29 is 4.79 Å². The molecule has 0 atom stereocenters. The highest BCUT2D eigenvalue weighted by molar-refractivity contribution is 7.73. The summed E-state index contributed by atoms with van der Waals surface area (Å²) in [6, 6.07) is 13.1. The second kappa shape index (κ2) is 7.37. The Balaban J connectivity index is 1.86. The van der Waals surface area contributed by atoms with E-state index in [1.54, 1.807) is 23.9 Å². The van der Waals surface area contributed by atoms with Crippen LogP contribution in [0.2, 0.25) is 0 Å². The molecule has 126 valence electrons. The lowest BCUT2D eigenvalue weighted by molar-refractivity contribution is 0.0959. The molecule has 25 heavy (non-hydrogen) atoms. The van der Waals surface area contributed by atoms with Crippen molar-refractivity contribution in [2.45, 2.75) is 6.92 Å². The monoisotopic (exact) mass is 369 g/mol. The number of hydrazone groups is 1. The number of nitrogens with one attached hydrogen (secondary N) is 1. The molecule has 3 aromatic rings. The van der Waals surface area contributed by atoms with Crippen LogP contribution in [0.4, 0.5) is 5.82 Å². The van der Waals surface area contributed by atoms with E-state index in [2.05, 4.69) is 15.5 Å². The van der Waals surface area contributed by atoms with Crippen molar-refractivity contribution in [1.29, 1.82) is 0 Å². The Morgan fingerprint density at radius 1 is 1.24 bits per heavy atom. The number of nitrogens with zero attached hydrogens (tertiary/aromatic N) is 3. The first-order valence-corrected chi connectivity index (χ1v) is 8.62. The van der Waals surface area contributed by atoms with E-state index in [9.17, 15) is 4.79 Å². The Kier molecular flexibility index (Phi) is 5.01. The molecule has 1 aromatic carbocycles. The number of hydrogen-bond acceptors (Lipinski definition) is 6. The zero-order chi connectivity index (χ0) is 17.8. The Hall–Kier alpha value is -2.84. The van der Waals surface area contributed by atoms with Gasteiger partial charge in [0.15, 0.2) is 3.95 Å². The summed E-state index contributed by atoms with van der Waals surface area (Å²) in [5, 5.41) is 4.12. The minimum atomic E-state index is -0.392. The zero-order valence-electron chi connectivity index (χ0n) is 13.3. The average molecular weight is 369 g/mol. The number of thiazole rings is 1. The van der Waals surface area contributed by atoms with Crippen molar-refractivity contribution in [1.82, 2.24) is 15.0 Å². The van der Waals surface area contributed by atoms with Crippen LogP contribution in [0.25, 0.3) is 5.69 Å². The van der Waals surface area contributed by atoms with Crippen LogP contribution in [-0.4, -0.2) is 21.2 Å². The number of carbonyl (C=O) groups excluding carboxylic acids is 1. The smallest absolute Gasteiger partial charge is 0.285 e. The highest BCUT2D eigenvalue weighted by atomic mass is 32.1. The molecule has 0 unspecified atom stereocenters. The molecule has 6 nitrogen and oxygen atoms in total. The summed E-state index contributed by atoms with van der Waals surface area (Å²) in [5.74, 6) is -0.0906. The number of pyridine rings is 1. The second-order valence-electron chi connectivity index (χ2n) is 5.13. The quantitative estimate of drug-likeness (QED) is 0.419. The van der Waals surface area contributed by atoms with E-state index in [0.717, 1.165) is 22.6 Å². The van der Waals surface area contributed by atoms with Crippen molar-refractivity contribution in [3.05, 3.63) is 69.3 Å². The van der Waals surface area contributed by atoms with Crippen LogP contribution >= 0.6 is 23.6 Å². The molecule has 8 heteroatoms. The van der Waals surface area contributed by atoms with Gasteiger partial charge in [-0.1, -0.05) is 29.5 Å². The summed E-state index contributed by atoms with van der Waals surface area (Å²) in [4.78, 5) is 16.7. The Morgan fingerprint density at radius 3 is 2.60 bits per heavy atom. The van der Waals surface area contributed by atoms with Crippen LogP contribution in [0.5, 0.6) is 0 Å². The van der Waals surface area contributed by atoms with Crippen molar-refractivity contribution in [3.8, 4) is 5.69 Å². The van der Waals surface area contributed by atoms with Crippen molar-refractivity contribution >= 4 is 41.0 Å². The van der Waals surface area contributed by atoms with Gasteiger partial charge in [-0.05, 0) is 43.4 Å². The van der Waals surface area contributed by atoms with Gasteiger partial charge < -0.3 is 5.73 Å². The Labute approximate surface area is 153 Å². The molecule has 0 fully saturated rings. The fourth-order valence-corrected chi connectivity index (χ4v) is 3.47. The largest absolute Gasteiger partial charge is 0.383 e. The second-order valence-corrected chi connectivity index (χ2v) is 6.77. The average Bonchev–Trinajstić information content (AvgIpc) is 2.95. The minimum Gasteiger partial charge on any atom is -0.383 e. The van der Waals surface area contributed by atoms with Crippen LogP contribution in [0, 0.1) is 3.95 Å². The lowest BCUT2D eigenvalue weighted by Gasteiger charge is -2.06. The molecule has 2 aromatic heterocycles. The van der Waals surface area contributed by atoms with E-state index < -0.39 is 5.91 Å². The number of rotatable bonds is 4. The maximum Gasteiger partial charge on any atom is 0.285 e. The van der Waals surface area contributed by atoms with Crippen LogP contribution in [0.15, 0.2) is 60.0 Å². The van der Waals surface area contributed by atoms with Gasteiger partial charge in [0.1, 0.15) is 10.7 Å². The molecule has 0 radical (unpaired) electrons. The summed E-state index contributed by atoms with van der Waals surface area (Å²) < 4.78 is 2.18. The Bertz CT molecular complexity index is 977. The van der Waals surface area contributed by atoms with Gasteiger partial charge in [0.25, 0.3) is 5.91 Å². The first-order valence-electron chi connectivity index (χ1n) is 7.39. The van der Waals surface area contributed by atoms with Gasteiger partial charge in [-0.25, -0.2) is 5.43 Å². The number of carbonyl (C=O) groups is 1. The maximum atomic E-state index is 12.4. The fraction of sp³-hybridized carbons (Fsp3) is 0.0588. The number of para-hydroxylation sites is 1. The van der Waals surface area contributed by atoms with E-state index >= 15 is 0 Å². The number of amides is 1. The highest BCUT2D eigenvalue weighted by Gasteiger charge is 2.17. The summed E-state index contributed by atoms with van der Waals surface area (Å²) in [7, 11) is 0. The van der Waals surface area contributed by atoms with Gasteiger partial charge in [-0.3, -0.25) is 14.3 Å². The SMILES string of the molecule is C/C(=N\NC(=O)c1sc(=S)n(-c2ccccc2)c1N)c1ccncc1. The van der Waals surface area contributed by atoms with Gasteiger partial charge in [-0.2, -0.15) is 5.10 Å².